The van der Waals surface area contributed by atoms with Gasteiger partial charge in [0.1, 0.15) is 0 Å². The fraction of sp³-hybridized carbons (Fsp3) is 0.619. The van der Waals surface area contributed by atoms with Gasteiger partial charge in [-0.2, -0.15) is 0 Å². The zero-order valence-corrected chi connectivity index (χ0v) is 19.7. The molecule has 0 radical (unpaired) electrons. The van der Waals surface area contributed by atoms with Gasteiger partial charge in [0.2, 0.25) is 5.91 Å². The van der Waals surface area contributed by atoms with Crippen molar-refractivity contribution >= 4 is 41.5 Å². The number of likely N-dealkylation sites (tertiary alicyclic amines) is 1. The number of hydrogen-bond acceptors (Lipinski definition) is 3. The van der Waals surface area contributed by atoms with Gasteiger partial charge in [-0.05, 0) is 44.7 Å². The van der Waals surface area contributed by atoms with Crippen LogP contribution >= 0.6 is 24.0 Å². The van der Waals surface area contributed by atoms with Crippen LogP contribution in [-0.2, 0) is 4.79 Å². The van der Waals surface area contributed by atoms with Crippen molar-refractivity contribution in [1.82, 2.24) is 15.5 Å². The number of hydrogen-bond donors (Lipinski definition) is 2. The van der Waals surface area contributed by atoms with Crippen molar-refractivity contribution in [3.63, 3.8) is 0 Å². The van der Waals surface area contributed by atoms with Gasteiger partial charge >= 0.3 is 0 Å². The van der Waals surface area contributed by atoms with Crippen molar-refractivity contribution < 1.29 is 4.79 Å². The lowest BCUT2D eigenvalue weighted by Gasteiger charge is -2.19. The molecular formula is C21H36IN5O. The quantitative estimate of drug-likeness (QED) is 0.212. The molecular weight excluding hydrogens is 465 g/mol. The predicted octanol–water partition coefficient (Wildman–Crippen LogP) is 3.09. The van der Waals surface area contributed by atoms with E-state index < -0.39 is 0 Å². The van der Waals surface area contributed by atoms with Gasteiger partial charge in [0, 0.05) is 58.4 Å². The zero-order chi connectivity index (χ0) is 19.3. The fourth-order valence-corrected chi connectivity index (χ4v) is 3.23. The molecule has 0 atom stereocenters. The van der Waals surface area contributed by atoms with E-state index >= 15 is 0 Å². The van der Waals surface area contributed by atoms with E-state index in [2.05, 4.69) is 58.8 Å². The van der Waals surface area contributed by atoms with Crippen LogP contribution in [0, 0.1) is 0 Å². The number of unbranched alkanes of at least 4 members (excludes halogenated alkanes) is 1. The van der Waals surface area contributed by atoms with Crippen LogP contribution < -0.4 is 15.5 Å². The first-order chi connectivity index (χ1) is 13.2. The highest BCUT2D eigenvalue weighted by molar-refractivity contribution is 14.0. The Balaban J connectivity index is 0.00000392. The molecule has 1 saturated heterocycles. The molecule has 1 aromatic carbocycles. The van der Waals surface area contributed by atoms with Crippen LogP contribution in [0.3, 0.4) is 0 Å². The Morgan fingerprint density at radius 2 is 1.96 bits per heavy atom. The maximum Gasteiger partial charge on any atom is 0.222 e. The Bertz CT molecular complexity index is 581. The Morgan fingerprint density at radius 3 is 2.64 bits per heavy atom. The van der Waals surface area contributed by atoms with Gasteiger partial charge in [-0.3, -0.25) is 9.79 Å². The number of guanidine groups is 1. The third-order valence-corrected chi connectivity index (χ3v) is 4.78. The van der Waals surface area contributed by atoms with Crippen LogP contribution in [0.4, 0.5) is 5.69 Å². The average molecular weight is 501 g/mol. The van der Waals surface area contributed by atoms with Crippen LogP contribution in [0.1, 0.15) is 39.0 Å². The van der Waals surface area contributed by atoms with Crippen LogP contribution in [0.2, 0.25) is 0 Å². The van der Waals surface area contributed by atoms with Crippen LogP contribution in [-0.4, -0.2) is 63.1 Å². The minimum Gasteiger partial charge on any atom is -0.375 e. The summed E-state index contributed by atoms with van der Waals surface area (Å²) in [6.45, 7) is 7.38. The van der Waals surface area contributed by atoms with Crippen molar-refractivity contribution in [2.24, 2.45) is 4.99 Å². The van der Waals surface area contributed by atoms with Crippen molar-refractivity contribution in [1.29, 1.82) is 0 Å². The second-order valence-electron chi connectivity index (χ2n) is 6.99. The van der Waals surface area contributed by atoms with Crippen molar-refractivity contribution in [2.75, 3.05) is 51.2 Å². The number of nitrogens with one attached hydrogen (secondary N) is 2. The smallest absolute Gasteiger partial charge is 0.222 e. The SMILES string of the molecule is CCNC(=NCCCN1CCCC1=O)NCCCCN(C)c1ccccc1.I. The molecule has 0 bridgehead atoms. The molecule has 0 aromatic heterocycles. The number of anilines is 1. The first-order valence-corrected chi connectivity index (χ1v) is 10.3. The molecule has 1 amide bonds. The lowest BCUT2D eigenvalue weighted by Crippen LogP contribution is -2.38. The van der Waals surface area contributed by atoms with Gasteiger partial charge in [0.15, 0.2) is 5.96 Å². The number of para-hydroxylation sites is 1. The molecule has 7 heteroatoms. The van der Waals surface area contributed by atoms with Crippen LogP contribution in [0.5, 0.6) is 0 Å². The number of amides is 1. The monoisotopic (exact) mass is 501 g/mol. The highest BCUT2D eigenvalue weighted by Gasteiger charge is 2.18. The van der Waals surface area contributed by atoms with Crippen molar-refractivity contribution in [3.8, 4) is 0 Å². The maximum atomic E-state index is 11.6. The van der Waals surface area contributed by atoms with E-state index in [-0.39, 0.29) is 24.0 Å². The molecule has 1 aromatic rings. The van der Waals surface area contributed by atoms with E-state index in [0.717, 1.165) is 70.9 Å². The Labute approximate surface area is 187 Å². The van der Waals surface area contributed by atoms with Gasteiger partial charge in [-0.1, -0.05) is 18.2 Å². The molecule has 0 unspecified atom stereocenters. The molecule has 158 valence electrons. The molecule has 2 N–H and O–H groups in total. The summed E-state index contributed by atoms with van der Waals surface area (Å²) in [5, 5.41) is 6.70. The van der Waals surface area contributed by atoms with Gasteiger partial charge in [-0.15, -0.1) is 24.0 Å². The summed E-state index contributed by atoms with van der Waals surface area (Å²) in [7, 11) is 2.14. The summed E-state index contributed by atoms with van der Waals surface area (Å²) in [6, 6.07) is 10.5. The normalized spacial score (nSPS) is 14.0. The maximum absolute atomic E-state index is 11.6. The standard InChI is InChI=1S/C21H35N5O.HI/c1-3-22-21(24-15-10-18-26-17-9-13-20(26)27)23-14-7-8-16-25(2)19-11-5-4-6-12-19;/h4-6,11-12H,3,7-10,13-18H2,1-2H3,(H2,22,23,24);1H. The van der Waals surface area contributed by atoms with Crippen LogP contribution in [0.15, 0.2) is 35.3 Å². The highest BCUT2D eigenvalue weighted by Crippen LogP contribution is 2.11. The zero-order valence-electron chi connectivity index (χ0n) is 17.3. The molecule has 0 spiro atoms. The Hall–Kier alpha value is -1.51. The number of rotatable bonds is 11. The van der Waals surface area contributed by atoms with Crippen molar-refractivity contribution in [3.05, 3.63) is 30.3 Å². The molecule has 1 aliphatic rings. The number of carbonyl (C=O) groups excluding carboxylic acids is 1. The topological polar surface area (TPSA) is 60.0 Å². The molecule has 0 saturated carbocycles. The predicted molar refractivity (Wildman–Crippen MR) is 129 cm³/mol. The van der Waals surface area contributed by atoms with Gasteiger partial charge in [0.25, 0.3) is 0 Å². The summed E-state index contributed by atoms with van der Waals surface area (Å²) in [4.78, 5) is 20.5. The number of halogens is 1. The average Bonchev–Trinajstić information content (AvgIpc) is 3.10. The van der Waals surface area contributed by atoms with E-state index in [1.54, 1.807) is 0 Å². The Kier molecular flexibility index (Phi) is 12.7. The van der Waals surface area contributed by atoms with E-state index in [9.17, 15) is 4.79 Å². The van der Waals surface area contributed by atoms with E-state index in [1.165, 1.54) is 5.69 Å². The summed E-state index contributed by atoms with van der Waals surface area (Å²) in [5.74, 6) is 1.17. The summed E-state index contributed by atoms with van der Waals surface area (Å²) >= 11 is 0. The second kappa shape index (κ2) is 14.5. The number of benzene rings is 1. The van der Waals surface area contributed by atoms with Crippen LogP contribution in [0.25, 0.3) is 0 Å². The van der Waals surface area contributed by atoms with E-state index in [4.69, 9.17) is 0 Å². The first kappa shape index (κ1) is 24.5. The molecule has 2 rings (SSSR count). The van der Waals surface area contributed by atoms with Gasteiger partial charge in [0.05, 0.1) is 0 Å². The molecule has 1 fully saturated rings. The number of carbonyl (C=O) groups is 1. The molecule has 1 aliphatic heterocycles. The molecule has 6 nitrogen and oxygen atoms in total. The van der Waals surface area contributed by atoms with E-state index in [0.29, 0.717) is 12.3 Å². The molecule has 1 heterocycles. The number of aliphatic imine (C=N–C) groups is 1. The lowest BCUT2D eigenvalue weighted by atomic mass is 10.2. The Morgan fingerprint density at radius 1 is 1.18 bits per heavy atom. The summed E-state index contributed by atoms with van der Waals surface area (Å²) in [5.41, 5.74) is 1.26. The first-order valence-electron chi connectivity index (χ1n) is 10.3. The highest BCUT2D eigenvalue weighted by atomic mass is 127. The lowest BCUT2D eigenvalue weighted by molar-refractivity contribution is -0.127. The minimum atomic E-state index is 0. The summed E-state index contributed by atoms with van der Waals surface area (Å²) < 4.78 is 0. The number of nitrogens with zero attached hydrogens (tertiary/aromatic N) is 3. The third-order valence-electron chi connectivity index (χ3n) is 4.78. The van der Waals surface area contributed by atoms with Crippen molar-refractivity contribution in [2.45, 2.75) is 39.0 Å². The van der Waals surface area contributed by atoms with Gasteiger partial charge in [-0.25, -0.2) is 0 Å². The minimum absolute atomic E-state index is 0. The third kappa shape index (κ3) is 9.12. The van der Waals surface area contributed by atoms with Gasteiger partial charge < -0.3 is 20.4 Å². The summed E-state index contributed by atoms with van der Waals surface area (Å²) in [6.07, 6.45) is 4.88. The van der Waals surface area contributed by atoms with E-state index in [1.807, 2.05) is 11.0 Å². The second-order valence-corrected chi connectivity index (χ2v) is 6.99. The molecule has 0 aliphatic carbocycles. The molecule has 28 heavy (non-hydrogen) atoms. The fourth-order valence-electron chi connectivity index (χ4n) is 3.23. The largest absolute Gasteiger partial charge is 0.375 e.